The molecule has 1 aromatic carbocycles. The highest BCUT2D eigenvalue weighted by Gasteiger charge is 2.28. The van der Waals surface area contributed by atoms with Crippen LogP contribution in [0.4, 0.5) is 4.39 Å². The zero-order valence-corrected chi connectivity index (χ0v) is 14.9. The quantitative estimate of drug-likeness (QED) is 0.406. The second-order valence-electron chi connectivity index (χ2n) is 6.75. The van der Waals surface area contributed by atoms with Crippen molar-refractivity contribution >= 4 is 11.8 Å². The third-order valence-electron chi connectivity index (χ3n) is 5.06. The fourth-order valence-corrected chi connectivity index (χ4v) is 3.52. The zero-order chi connectivity index (χ0) is 17.7. The number of carbonyl (C=O) groups excluding carboxylic acids is 2. The molecule has 0 N–H and O–H groups in total. The summed E-state index contributed by atoms with van der Waals surface area (Å²) in [4.78, 5) is 24.1. The van der Waals surface area contributed by atoms with Crippen LogP contribution in [-0.4, -0.2) is 11.8 Å². The van der Waals surface area contributed by atoms with Crippen LogP contribution < -0.4 is 4.74 Å². The van der Waals surface area contributed by atoms with Gasteiger partial charge in [-0.25, -0.2) is 4.39 Å². The predicted molar refractivity (Wildman–Crippen MR) is 91.7 cm³/mol. The molecule has 24 heavy (non-hydrogen) atoms. The number of carbonyl (C=O) groups is 2. The van der Waals surface area contributed by atoms with Gasteiger partial charge in [-0.05, 0) is 56.2 Å². The first-order chi connectivity index (χ1) is 11.5. The van der Waals surface area contributed by atoms with Gasteiger partial charge in [-0.3, -0.25) is 9.59 Å². The summed E-state index contributed by atoms with van der Waals surface area (Å²) in [5.41, 5.74) is 0.605. The van der Waals surface area contributed by atoms with Crippen LogP contribution in [0.15, 0.2) is 12.1 Å². The van der Waals surface area contributed by atoms with Crippen molar-refractivity contribution < 1.29 is 18.7 Å². The topological polar surface area (TPSA) is 43.4 Å². The standard InChI is InChI=1S/C20H27FO3/c1-4-6-14-7-9-15(10-8-14)20(23)24-18-12-11-16(17(22)5-2)13(3)19(18)21/h11-12,14-15H,4-10H2,1-3H3. The molecule has 1 aliphatic rings. The SMILES string of the molecule is CCCC1CCC(C(=O)Oc2ccc(C(=O)CC)c(C)c2F)CC1. The third-order valence-corrected chi connectivity index (χ3v) is 5.06. The summed E-state index contributed by atoms with van der Waals surface area (Å²) in [5, 5.41) is 0. The molecule has 0 radical (unpaired) electrons. The summed E-state index contributed by atoms with van der Waals surface area (Å²) in [7, 11) is 0. The minimum absolute atomic E-state index is 0.0687. The van der Waals surface area contributed by atoms with Crippen molar-refractivity contribution in [2.45, 2.75) is 65.7 Å². The lowest BCUT2D eigenvalue weighted by Crippen LogP contribution is -2.26. The molecule has 3 nitrogen and oxygen atoms in total. The van der Waals surface area contributed by atoms with Gasteiger partial charge in [0.05, 0.1) is 5.92 Å². The van der Waals surface area contributed by atoms with Gasteiger partial charge in [-0.1, -0.05) is 26.7 Å². The summed E-state index contributed by atoms with van der Waals surface area (Å²) in [6.45, 7) is 5.46. The van der Waals surface area contributed by atoms with E-state index < -0.39 is 5.82 Å². The monoisotopic (exact) mass is 334 g/mol. The summed E-state index contributed by atoms with van der Waals surface area (Å²) in [6.07, 6.45) is 6.42. The lowest BCUT2D eigenvalue weighted by Gasteiger charge is -2.27. The van der Waals surface area contributed by atoms with Crippen molar-refractivity contribution in [1.29, 1.82) is 0 Å². The van der Waals surface area contributed by atoms with Gasteiger partial charge in [0, 0.05) is 12.0 Å². The first-order valence-corrected chi connectivity index (χ1v) is 9.01. The molecule has 0 spiro atoms. The molecule has 0 aromatic heterocycles. The Hall–Kier alpha value is -1.71. The van der Waals surface area contributed by atoms with E-state index >= 15 is 0 Å². The smallest absolute Gasteiger partial charge is 0.314 e. The molecule has 132 valence electrons. The van der Waals surface area contributed by atoms with Gasteiger partial charge < -0.3 is 4.74 Å². The second kappa shape index (κ2) is 8.41. The summed E-state index contributed by atoms with van der Waals surface area (Å²) in [5.74, 6) is -0.577. The largest absolute Gasteiger partial charge is 0.423 e. The van der Waals surface area contributed by atoms with Crippen molar-refractivity contribution in [1.82, 2.24) is 0 Å². The van der Waals surface area contributed by atoms with Gasteiger partial charge >= 0.3 is 5.97 Å². The Balaban J connectivity index is 2.02. The number of rotatable bonds is 6. The number of halogens is 1. The molecule has 0 bridgehead atoms. The van der Waals surface area contributed by atoms with Crippen LogP contribution in [0.25, 0.3) is 0 Å². The highest BCUT2D eigenvalue weighted by atomic mass is 19.1. The Morgan fingerprint density at radius 1 is 1.17 bits per heavy atom. The van der Waals surface area contributed by atoms with Crippen LogP contribution in [0.5, 0.6) is 5.75 Å². The summed E-state index contributed by atoms with van der Waals surface area (Å²) >= 11 is 0. The van der Waals surface area contributed by atoms with Crippen molar-refractivity contribution in [3.63, 3.8) is 0 Å². The first-order valence-electron chi connectivity index (χ1n) is 9.01. The van der Waals surface area contributed by atoms with Gasteiger partial charge in [-0.15, -0.1) is 0 Å². The van der Waals surface area contributed by atoms with Crippen LogP contribution in [-0.2, 0) is 4.79 Å². The van der Waals surface area contributed by atoms with Gasteiger partial charge in [0.1, 0.15) is 0 Å². The van der Waals surface area contributed by atoms with Crippen LogP contribution in [0, 0.1) is 24.6 Å². The molecular weight excluding hydrogens is 307 g/mol. The molecule has 2 rings (SSSR count). The van der Waals surface area contributed by atoms with E-state index in [2.05, 4.69) is 6.92 Å². The number of ketones is 1. The summed E-state index contributed by atoms with van der Waals surface area (Å²) < 4.78 is 19.7. The highest BCUT2D eigenvalue weighted by molar-refractivity contribution is 5.97. The maximum atomic E-state index is 14.4. The lowest BCUT2D eigenvalue weighted by atomic mass is 9.80. The van der Waals surface area contributed by atoms with Crippen LogP contribution in [0.3, 0.4) is 0 Å². The van der Waals surface area contributed by atoms with E-state index in [9.17, 15) is 14.0 Å². The fraction of sp³-hybridized carbons (Fsp3) is 0.600. The van der Waals surface area contributed by atoms with Crippen molar-refractivity contribution in [3.8, 4) is 5.75 Å². The van der Waals surface area contributed by atoms with E-state index in [4.69, 9.17) is 4.74 Å². The van der Waals surface area contributed by atoms with E-state index in [1.807, 2.05) is 0 Å². The number of esters is 1. The molecule has 1 fully saturated rings. The Morgan fingerprint density at radius 3 is 2.42 bits per heavy atom. The molecule has 0 amide bonds. The Labute approximate surface area is 143 Å². The average molecular weight is 334 g/mol. The molecule has 4 heteroatoms. The molecule has 0 saturated heterocycles. The number of Topliss-reactive ketones (excluding diaryl/α,β-unsaturated/α-hetero) is 1. The molecule has 0 aliphatic heterocycles. The van der Waals surface area contributed by atoms with Gasteiger partial charge in [0.15, 0.2) is 17.3 Å². The fourth-order valence-electron chi connectivity index (χ4n) is 3.52. The normalized spacial score (nSPS) is 20.7. The molecule has 0 heterocycles. The molecule has 1 aromatic rings. The molecule has 0 unspecified atom stereocenters. The van der Waals surface area contributed by atoms with E-state index in [1.165, 1.54) is 18.9 Å². The molecular formula is C20H27FO3. The zero-order valence-electron chi connectivity index (χ0n) is 14.9. The Morgan fingerprint density at radius 2 is 1.83 bits per heavy atom. The van der Waals surface area contributed by atoms with Crippen LogP contribution >= 0.6 is 0 Å². The maximum Gasteiger partial charge on any atom is 0.314 e. The Bertz CT molecular complexity index is 601. The third kappa shape index (κ3) is 4.22. The highest BCUT2D eigenvalue weighted by Crippen LogP contribution is 2.33. The maximum absolute atomic E-state index is 14.4. The number of hydrogen-bond acceptors (Lipinski definition) is 3. The van der Waals surface area contributed by atoms with Crippen LogP contribution in [0.2, 0.25) is 0 Å². The molecule has 1 saturated carbocycles. The van der Waals surface area contributed by atoms with Crippen molar-refractivity contribution in [3.05, 3.63) is 29.1 Å². The van der Waals surface area contributed by atoms with Crippen molar-refractivity contribution in [2.24, 2.45) is 11.8 Å². The van der Waals surface area contributed by atoms with Crippen molar-refractivity contribution in [2.75, 3.05) is 0 Å². The van der Waals surface area contributed by atoms with Crippen LogP contribution in [0.1, 0.15) is 74.7 Å². The predicted octanol–water partition coefficient (Wildman–Crippen LogP) is 5.24. The molecule has 1 aliphatic carbocycles. The Kier molecular flexibility index (Phi) is 6.52. The second-order valence-corrected chi connectivity index (χ2v) is 6.75. The van der Waals surface area contributed by atoms with Gasteiger partial charge in [0.25, 0.3) is 0 Å². The first kappa shape index (κ1) is 18.6. The van der Waals surface area contributed by atoms with E-state index in [0.29, 0.717) is 17.9 Å². The van der Waals surface area contributed by atoms with E-state index in [-0.39, 0.29) is 29.0 Å². The van der Waals surface area contributed by atoms with Gasteiger partial charge in [0.2, 0.25) is 0 Å². The lowest BCUT2D eigenvalue weighted by molar-refractivity contribution is -0.140. The number of ether oxygens (including phenoxy) is 1. The van der Waals surface area contributed by atoms with Gasteiger partial charge in [-0.2, -0.15) is 0 Å². The summed E-state index contributed by atoms with van der Waals surface area (Å²) in [6, 6.07) is 2.94. The number of hydrogen-bond donors (Lipinski definition) is 0. The molecule has 0 atom stereocenters. The number of benzene rings is 1. The van der Waals surface area contributed by atoms with E-state index in [0.717, 1.165) is 25.7 Å². The van der Waals surface area contributed by atoms with E-state index in [1.54, 1.807) is 19.9 Å². The average Bonchev–Trinajstić information content (AvgIpc) is 2.59. The minimum Gasteiger partial charge on any atom is -0.423 e. The minimum atomic E-state index is -0.609.